The molecule has 152 valence electrons. The molecule has 1 aliphatic carbocycles. The Morgan fingerprint density at radius 1 is 0.600 bits per heavy atom. The molecule has 0 aromatic heterocycles. The second-order valence-electron chi connectivity index (χ2n) is 7.30. The first kappa shape index (κ1) is 27.0. The molecule has 1 atom stereocenters. The molecule has 4 rings (SSSR count). The molecular formula is C25H23Cl3SiTi. The summed E-state index contributed by atoms with van der Waals surface area (Å²) in [5.41, 5.74) is 2.89. The fourth-order valence-electron chi connectivity index (χ4n) is 4.46. The second kappa shape index (κ2) is 11.0. The molecule has 3 aromatic carbocycles. The van der Waals surface area contributed by atoms with Crippen molar-refractivity contribution in [2.75, 3.05) is 0 Å². The third-order valence-electron chi connectivity index (χ3n) is 5.98. The van der Waals surface area contributed by atoms with Crippen LogP contribution in [0.5, 0.6) is 0 Å². The van der Waals surface area contributed by atoms with Gasteiger partial charge in [0, 0.05) is 0 Å². The average molecular weight is 506 g/mol. The molecule has 0 nitrogen and oxygen atoms in total. The Kier molecular flexibility index (Phi) is 9.89. The van der Waals surface area contributed by atoms with E-state index in [0.29, 0.717) is 0 Å². The first-order valence-corrected chi connectivity index (χ1v) is 12.2. The van der Waals surface area contributed by atoms with Gasteiger partial charge in [-0.25, -0.2) is 0 Å². The van der Waals surface area contributed by atoms with Crippen molar-refractivity contribution in [3.05, 3.63) is 114 Å². The standard InChI is InChI=1S/C25H23Si.3ClH.Ti/c1-20-18-19-25(21(20)2)26(22-12-6-3-7-13-22,23-14-8-4-9-15-23)24-16-10-5-11-17-24;;;;/h3-19H,1-2H3;3*1H;/q;;;;+3/p-3. The maximum atomic E-state index is 2.47. The molecular weight excluding hydrogens is 483 g/mol. The van der Waals surface area contributed by atoms with Gasteiger partial charge in [-0.15, -0.1) is 0 Å². The summed E-state index contributed by atoms with van der Waals surface area (Å²) in [6, 6.07) is 33.6. The number of rotatable bonds is 4. The summed E-state index contributed by atoms with van der Waals surface area (Å²) in [6.45, 7) is 4.57. The molecule has 0 heterocycles. The van der Waals surface area contributed by atoms with Crippen molar-refractivity contribution in [1.82, 2.24) is 0 Å². The summed E-state index contributed by atoms with van der Waals surface area (Å²) >= 11 is 2.45. The van der Waals surface area contributed by atoms with Gasteiger partial charge in [-0.2, -0.15) is 0 Å². The Labute approximate surface area is 211 Å². The fourth-order valence-corrected chi connectivity index (χ4v) is 12.5. The van der Waals surface area contributed by atoms with Crippen molar-refractivity contribution in [3.8, 4) is 0 Å². The van der Waals surface area contributed by atoms with Gasteiger partial charge in [0.05, 0.1) is 0 Å². The van der Waals surface area contributed by atoms with Crippen LogP contribution >= 0.6 is 0 Å². The van der Waals surface area contributed by atoms with Crippen molar-refractivity contribution in [3.63, 3.8) is 0 Å². The van der Waals surface area contributed by atoms with Crippen LogP contribution in [0.1, 0.15) is 13.8 Å². The number of benzene rings is 3. The van der Waals surface area contributed by atoms with Gasteiger partial charge in [0.2, 0.25) is 0 Å². The van der Waals surface area contributed by atoms with Crippen LogP contribution in [-0.2, 0) is 20.4 Å². The molecule has 0 fully saturated rings. The molecule has 0 radical (unpaired) electrons. The Morgan fingerprint density at radius 2 is 0.933 bits per heavy atom. The van der Waals surface area contributed by atoms with Crippen LogP contribution in [0.3, 0.4) is 0 Å². The van der Waals surface area contributed by atoms with E-state index in [4.69, 9.17) is 0 Å². The predicted octanol–water partition coefficient (Wildman–Crippen LogP) is -4.68. The topological polar surface area (TPSA) is 0 Å². The summed E-state index contributed by atoms with van der Waals surface area (Å²) in [4.78, 5) is 0. The van der Waals surface area contributed by atoms with Gasteiger partial charge >= 0.3 is 176 Å². The fraction of sp³-hybridized carbons (Fsp3) is 0.120. The Morgan fingerprint density at radius 3 is 1.20 bits per heavy atom. The van der Waals surface area contributed by atoms with Gasteiger partial charge in [-0.3, -0.25) is 0 Å². The molecule has 0 saturated heterocycles. The smallest absolute Gasteiger partial charge is 1.00 e. The van der Waals surface area contributed by atoms with Crippen LogP contribution in [0.2, 0.25) is 3.34 Å². The zero-order valence-electron chi connectivity index (χ0n) is 16.9. The zero-order chi connectivity index (χ0) is 18.9. The van der Waals surface area contributed by atoms with Gasteiger partial charge < -0.3 is 37.2 Å². The molecule has 0 aliphatic heterocycles. The van der Waals surface area contributed by atoms with E-state index in [1.165, 1.54) is 26.7 Å². The third kappa shape index (κ3) is 4.17. The minimum atomic E-state index is -2.36. The average Bonchev–Trinajstić information content (AvgIpc) is 2.99. The van der Waals surface area contributed by atoms with Crippen LogP contribution in [-0.4, -0.2) is 8.07 Å². The molecule has 0 bridgehead atoms. The van der Waals surface area contributed by atoms with E-state index in [-0.39, 0.29) is 40.6 Å². The maximum Gasteiger partial charge on any atom is -1.00 e. The van der Waals surface area contributed by atoms with E-state index in [9.17, 15) is 0 Å². The predicted molar refractivity (Wildman–Crippen MR) is 114 cm³/mol. The number of allylic oxidation sites excluding steroid dienone is 4. The van der Waals surface area contributed by atoms with Gasteiger partial charge in [0.1, 0.15) is 0 Å². The van der Waals surface area contributed by atoms with E-state index >= 15 is 0 Å². The Bertz CT molecular complexity index is 908. The van der Waals surface area contributed by atoms with Crippen LogP contribution in [0.25, 0.3) is 0 Å². The van der Waals surface area contributed by atoms with E-state index < -0.39 is 8.07 Å². The summed E-state index contributed by atoms with van der Waals surface area (Å²) in [7, 11) is -2.36. The minimum absolute atomic E-state index is 0. The van der Waals surface area contributed by atoms with Crippen LogP contribution in [0.15, 0.2) is 114 Å². The first-order valence-electron chi connectivity index (χ1n) is 9.39. The second-order valence-corrected chi connectivity index (χ2v) is 13.3. The molecule has 1 unspecified atom stereocenters. The summed E-state index contributed by atoms with van der Waals surface area (Å²) in [5.74, 6) is 0. The van der Waals surface area contributed by atoms with Gasteiger partial charge in [-0.1, -0.05) is 0 Å². The zero-order valence-corrected chi connectivity index (χ0v) is 21.8. The minimum Gasteiger partial charge on any atom is -1.00 e. The SMILES string of the molecule is CC1=C(C)[C]([Ti+3])([Si](c2ccccc2)(c2ccccc2)c2ccccc2)C=C1.[Cl-].[Cl-].[Cl-]. The van der Waals surface area contributed by atoms with Gasteiger partial charge in [0.25, 0.3) is 0 Å². The monoisotopic (exact) mass is 504 g/mol. The molecule has 0 amide bonds. The molecule has 0 N–H and O–H groups in total. The van der Waals surface area contributed by atoms with Crippen molar-refractivity contribution < 1.29 is 57.7 Å². The number of hydrogen-bond acceptors (Lipinski definition) is 0. The Balaban J connectivity index is 0.00000150. The van der Waals surface area contributed by atoms with E-state index in [1.807, 2.05) is 0 Å². The molecule has 0 saturated carbocycles. The van der Waals surface area contributed by atoms with Crippen molar-refractivity contribution in [1.29, 1.82) is 0 Å². The summed E-state index contributed by atoms with van der Waals surface area (Å²) < 4.78 is -0.0128. The van der Waals surface area contributed by atoms with Crippen LogP contribution in [0.4, 0.5) is 0 Å². The molecule has 30 heavy (non-hydrogen) atoms. The molecule has 5 heteroatoms. The van der Waals surface area contributed by atoms with E-state index in [1.54, 1.807) is 0 Å². The van der Waals surface area contributed by atoms with Crippen molar-refractivity contribution in [2.45, 2.75) is 17.2 Å². The number of halogens is 3. The van der Waals surface area contributed by atoms with Gasteiger partial charge in [-0.05, 0) is 0 Å². The van der Waals surface area contributed by atoms with Gasteiger partial charge in [0.15, 0.2) is 0 Å². The van der Waals surface area contributed by atoms with E-state index in [0.717, 1.165) is 0 Å². The summed E-state index contributed by atoms with van der Waals surface area (Å²) in [6.07, 6.45) is 4.79. The first-order chi connectivity index (χ1) is 13.1. The largest absolute Gasteiger partial charge is 1.00 e. The number of hydrogen-bond donors (Lipinski definition) is 0. The molecule has 0 spiro atoms. The van der Waals surface area contributed by atoms with E-state index in [2.05, 4.69) is 137 Å². The van der Waals surface area contributed by atoms with Crippen LogP contribution in [0, 0.1) is 0 Å². The maximum absolute atomic E-state index is 2.47. The van der Waals surface area contributed by atoms with Crippen molar-refractivity contribution in [2.24, 2.45) is 0 Å². The van der Waals surface area contributed by atoms with Crippen LogP contribution < -0.4 is 52.8 Å². The Hall–Kier alpha value is -1.06. The normalized spacial score (nSPS) is 17.6. The van der Waals surface area contributed by atoms with Crippen molar-refractivity contribution >= 4 is 23.6 Å². The quantitative estimate of drug-likeness (QED) is 0.247. The third-order valence-corrected chi connectivity index (χ3v) is 13.9. The molecule has 3 aromatic rings. The summed E-state index contributed by atoms with van der Waals surface area (Å²) in [5, 5.41) is 4.39. The molecule has 1 aliphatic rings.